The highest BCUT2D eigenvalue weighted by Gasteiger charge is 2.46. The number of rotatable bonds is 4. The van der Waals surface area contributed by atoms with Crippen LogP contribution in [0, 0.1) is 0 Å². The number of carbonyl (C=O) groups is 3. The molecule has 2 saturated heterocycles. The topological polar surface area (TPSA) is 78.5 Å². The molecular weight excluding hydrogens is 413 g/mol. The Labute approximate surface area is 178 Å². The van der Waals surface area contributed by atoms with Crippen molar-refractivity contribution in [3.05, 3.63) is 69.7 Å². The van der Waals surface area contributed by atoms with E-state index >= 15 is 0 Å². The van der Waals surface area contributed by atoms with E-state index in [4.69, 9.17) is 23.2 Å². The molecule has 3 atom stereocenters. The van der Waals surface area contributed by atoms with Gasteiger partial charge in [0, 0.05) is 19.0 Å². The van der Waals surface area contributed by atoms with Crippen LogP contribution in [0.3, 0.4) is 0 Å². The maximum absolute atomic E-state index is 12.9. The summed E-state index contributed by atoms with van der Waals surface area (Å²) in [6, 6.07) is 12.8. The normalized spacial score (nSPS) is 23.5. The van der Waals surface area contributed by atoms with Crippen LogP contribution < -0.4 is 10.6 Å². The van der Waals surface area contributed by atoms with Gasteiger partial charge in [-0.1, -0.05) is 59.6 Å². The van der Waals surface area contributed by atoms with Gasteiger partial charge < -0.3 is 15.5 Å². The molecule has 0 bridgehead atoms. The van der Waals surface area contributed by atoms with E-state index in [-0.39, 0.29) is 40.0 Å². The van der Waals surface area contributed by atoms with Crippen LogP contribution in [0.25, 0.3) is 0 Å². The first-order valence-corrected chi connectivity index (χ1v) is 10.1. The first-order chi connectivity index (χ1) is 13.9. The Balaban J connectivity index is 1.45. The van der Waals surface area contributed by atoms with Gasteiger partial charge in [0.05, 0.1) is 15.6 Å². The molecule has 2 heterocycles. The summed E-state index contributed by atoms with van der Waals surface area (Å²) in [6.07, 6.45) is 0.782. The van der Waals surface area contributed by atoms with Gasteiger partial charge in [0.2, 0.25) is 11.8 Å². The molecule has 0 unspecified atom stereocenters. The number of amides is 3. The van der Waals surface area contributed by atoms with Crippen LogP contribution in [0.5, 0.6) is 0 Å². The molecule has 0 aromatic heterocycles. The number of hydrogen-bond acceptors (Lipinski definition) is 3. The van der Waals surface area contributed by atoms with E-state index < -0.39 is 18.0 Å². The minimum Gasteiger partial charge on any atom is -0.347 e. The lowest BCUT2D eigenvalue weighted by Gasteiger charge is -2.34. The fourth-order valence-electron chi connectivity index (χ4n) is 3.92. The number of nitrogens with one attached hydrogen (secondary N) is 2. The van der Waals surface area contributed by atoms with E-state index in [0.29, 0.717) is 12.8 Å². The van der Waals surface area contributed by atoms with Crippen LogP contribution in [0.1, 0.15) is 22.3 Å². The molecule has 2 aromatic rings. The molecule has 2 aliphatic heterocycles. The summed E-state index contributed by atoms with van der Waals surface area (Å²) >= 11 is 12.2. The molecule has 0 radical (unpaired) electrons. The summed E-state index contributed by atoms with van der Waals surface area (Å²) in [6.45, 7) is 0.274. The van der Waals surface area contributed by atoms with Crippen molar-refractivity contribution in [3.8, 4) is 0 Å². The van der Waals surface area contributed by atoms with E-state index in [0.717, 1.165) is 5.56 Å². The summed E-state index contributed by atoms with van der Waals surface area (Å²) in [5.41, 5.74) is 1.17. The Hall–Kier alpha value is -2.57. The fraction of sp³-hybridized carbons (Fsp3) is 0.286. The fourth-order valence-corrected chi connectivity index (χ4v) is 4.49. The van der Waals surface area contributed by atoms with E-state index in [9.17, 15) is 14.4 Å². The van der Waals surface area contributed by atoms with Gasteiger partial charge in [-0.15, -0.1) is 0 Å². The van der Waals surface area contributed by atoms with E-state index in [1.54, 1.807) is 23.1 Å². The number of halogens is 2. The molecule has 6 nitrogen and oxygen atoms in total. The molecule has 8 heteroatoms. The maximum atomic E-state index is 12.9. The molecule has 2 aromatic carbocycles. The number of fused-ring (bicyclic) bond motifs is 1. The first kappa shape index (κ1) is 19.7. The highest BCUT2D eigenvalue weighted by atomic mass is 35.5. The molecule has 4 rings (SSSR count). The highest BCUT2D eigenvalue weighted by molar-refractivity contribution is 6.39. The summed E-state index contributed by atoms with van der Waals surface area (Å²) in [7, 11) is 0. The largest absolute Gasteiger partial charge is 0.347 e. The van der Waals surface area contributed by atoms with Crippen molar-refractivity contribution in [2.45, 2.75) is 31.0 Å². The predicted molar refractivity (Wildman–Crippen MR) is 110 cm³/mol. The molecule has 29 heavy (non-hydrogen) atoms. The smallest absolute Gasteiger partial charge is 0.254 e. The zero-order valence-electron chi connectivity index (χ0n) is 15.4. The lowest BCUT2D eigenvalue weighted by molar-refractivity contribution is -0.147. The van der Waals surface area contributed by atoms with Crippen LogP contribution >= 0.6 is 23.2 Å². The van der Waals surface area contributed by atoms with Crippen molar-refractivity contribution in [2.75, 3.05) is 6.54 Å². The minimum absolute atomic E-state index is 0.133. The van der Waals surface area contributed by atoms with Crippen molar-refractivity contribution < 1.29 is 14.4 Å². The maximum Gasteiger partial charge on any atom is 0.254 e. The van der Waals surface area contributed by atoms with Gasteiger partial charge in [0.25, 0.3) is 5.91 Å². The molecule has 3 amide bonds. The SMILES string of the molecule is O=C(N[C@H]1C[C@H]2C(=O)N[C@H](Cc3ccccc3)C(=O)N2C1)c1c(Cl)cccc1Cl. The van der Waals surface area contributed by atoms with Crippen molar-refractivity contribution in [2.24, 2.45) is 0 Å². The third kappa shape index (κ3) is 3.95. The Morgan fingerprint density at radius 2 is 1.76 bits per heavy atom. The van der Waals surface area contributed by atoms with Crippen LogP contribution in [0.15, 0.2) is 48.5 Å². The molecule has 2 fully saturated rings. The summed E-state index contributed by atoms with van der Waals surface area (Å²) in [4.78, 5) is 39.7. The van der Waals surface area contributed by atoms with Gasteiger partial charge in [0.15, 0.2) is 0 Å². The minimum atomic E-state index is -0.603. The number of benzene rings is 2. The predicted octanol–water partition coefficient (Wildman–Crippen LogP) is 2.43. The number of nitrogens with zero attached hydrogens (tertiary/aromatic N) is 1. The molecule has 2 aliphatic rings. The lowest BCUT2D eigenvalue weighted by atomic mass is 10.0. The van der Waals surface area contributed by atoms with Crippen LogP contribution in [0.2, 0.25) is 10.0 Å². The second-order valence-electron chi connectivity index (χ2n) is 7.26. The van der Waals surface area contributed by atoms with Crippen LogP contribution in [-0.2, 0) is 16.0 Å². The van der Waals surface area contributed by atoms with Crippen molar-refractivity contribution in [1.29, 1.82) is 0 Å². The second-order valence-corrected chi connectivity index (χ2v) is 8.07. The van der Waals surface area contributed by atoms with Gasteiger partial charge in [-0.25, -0.2) is 0 Å². The van der Waals surface area contributed by atoms with E-state index in [1.807, 2.05) is 30.3 Å². The van der Waals surface area contributed by atoms with Crippen molar-refractivity contribution >= 4 is 40.9 Å². The van der Waals surface area contributed by atoms with Crippen molar-refractivity contribution in [3.63, 3.8) is 0 Å². The molecular formula is C21H19Cl2N3O3. The summed E-state index contributed by atoms with van der Waals surface area (Å²) < 4.78 is 0. The standard InChI is InChI=1S/C21H19Cl2N3O3/c22-14-7-4-8-15(23)18(14)20(28)24-13-10-17-19(27)25-16(21(29)26(17)11-13)9-12-5-2-1-3-6-12/h1-8,13,16-17H,9-11H2,(H,24,28)(H,25,27)/t13-,16+,17-/m0/s1. The van der Waals surface area contributed by atoms with Gasteiger partial charge >= 0.3 is 0 Å². The zero-order valence-corrected chi connectivity index (χ0v) is 16.9. The number of carbonyl (C=O) groups excluding carboxylic acids is 3. The molecule has 0 aliphatic carbocycles. The Morgan fingerprint density at radius 3 is 2.45 bits per heavy atom. The summed E-state index contributed by atoms with van der Waals surface area (Å²) in [5.74, 6) is -0.747. The third-order valence-corrected chi connectivity index (χ3v) is 5.94. The summed E-state index contributed by atoms with van der Waals surface area (Å²) in [5, 5.41) is 6.19. The first-order valence-electron chi connectivity index (χ1n) is 9.33. The Bertz CT molecular complexity index is 947. The van der Waals surface area contributed by atoms with Gasteiger partial charge in [0.1, 0.15) is 12.1 Å². The quantitative estimate of drug-likeness (QED) is 0.779. The van der Waals surface area contributed by atoms with E-state index in [2.05, 4.69) is 10.6 Å². The molecule has 0 saturated carbocycles. The van der Waals surface area contributed by atoms with Gasteiger partial charge in [-0.05, 0) is 24.1 Å². The van der Waals surface area contributed by atoms with Gasteiger partial charge in [-0.3, -0.25) is 14.4 Å². The zero-order chi connectivity index (χ0) is 20.5. The van der Waals surface area contributed by atoms with Crippen LogP contribution in [-0.4, -0.2) is 47.3 Å². The molecule has 150 valence electrons. The second kappa shape index (κ2) is 8.05. The highest BCUT2D eigenvalue weighted by Crippen LogP contribution is 2.27. The monoisotopic (exact) mass is 431 g/mol. The van der Waals surface area contributed by atoms with Gasteiger partial charge in [-0.2, -0.15) is 0 Å². The molecule has 0 spiro atoms. The van der Waals surface area contributed by atoms with Crippen LogP contribution in [0.4, 0.5) is 0 Å². The third-order valence-electron chi connectivity index (χ3n) is 5.31. The average Bonchev–Trinajstić information content (AvgIpc) is 3.11. The lowest BCUT2D eigenvalue weighted by Crippen LogP contribution is -2.61. The Morgan fingerprint density at radius 1 is 1.07 bits per heavy atom. The van der Waals surface area contributed by atoms with E-state index in [1.165, 1.54) is 0 Å². The molecule has 2 N–H and O–H groups in total. The Kier molecular flexibility index (Phi) is 5.48. The van der Waals surface area contributed by atoms with Crippen molar-refractivity contribution in [1.82, 2.24) is 15.5 Å². The number of piperazine rings is 1. The number of hydrogen-bond donors (Lipinski definition) is 2. The average molecular weight is 432 g/mol.